The molecule has 0 bridgehead atoms. The molecule has 0 saturated heterocycles. The van der Waals surface area contributed by atoms with Gasteiger partial charge in [-0.1, -0.05) is 30.3 Å². The second-order valence-electron chi connectivity index (χ2n) is 6.97. The van der Waals surface area contributed by atoms with Gasteiger partial charge in [-0.05, 0) is 47.6 Å². The maximum Gasteiger partial charge on any atom is 0.199 e. The summed E-state index contributed by atoms with van der Waals surface area (Å²) in [5, 5.41) is 22.3. The summed E-state index contributed by atoms with van der Waals surface area (Å²) in [5.74, 6) is 0.748. The predicted octanol–water partition coefficient (Wildman–Crippen LogP) is 4.59. The van der Waals surface area contributed by atoms with Crippen molar-refractivity contribution in [3.63, 3.8) is 0 Å². The van der Waals surface area contributed by atoms with Gasteiger partial charge in [-0.15, -0.1) is 0 Å². The molecule has 5 rings (SSSR count). The largest absolute Gasteiger partial charge is 0.497 e. The number of benzene rings is 2. The van der Waals surface area contributed by atoms with E-state index >= 15 is 0 Å². The van der Waals surface area contributed by atoms with Crippen molar-refractivity contribution in [2.75, 3.05) is 7.11 Å². The lowest BCUT2D eigenvalue weighted by Gasteiger charge is -2.27. The van der Waals surface area contributed by atoms with E-state index in [0.717, 1.165) is 29.7 Å². The Hall–Kier alpha value is -3.34. The first-order valence-electron chi connectivity index (χ1n) is 9.04. The number of para-hydroxylation sites is 1. The third-order valence-electron chi connectivity index (χ3n) is 5.56. The molecule has 3 heterocycles. The van der Waals surface area contributed by atoms with Gasteiger partial charge >= 0.3 is 0 Å². The van der Waals surface area contributed by atoms with Crippen LogP contribution in [0.4, 0.5) is 0 Å². The zero-order chi connectivity index (χ0) is 18.5. The fraction of sp³-hybridized carbons (Fsp3) is 0.182. The van der Waals surface area contributed by atoms with Crippen molar-refractivity contribution < 1.29 is 14.9 Å². The summed E-state index contributed by atoms with van der Waals surface area (Å²) in [6.07, 6.45) is 3.85. The molecule has 0 saturated carbocycles. The summed E-state index contributed by atoms with van der Waals surface area (Å²) in [4.78, 5) is 2.72. The molecule has 0 aliphatic carbocycles. The van der Waals surface area contributed by atoms with Gasteiger partial charge in [-0.2, -0.15) is 0 Å². The molecule has 0 spiro atoms. The second kappa shape index (κ2) is 5.84. The number of methoxy groups -OCH3 is 1. The van der Waals surface area contributed by atoms with Crippen molar-refractivity contribution in [1.82, 2.24) is 9.55 Å². The fourth-order valence-electron chi connectivity index (χ4n) is 4.33. The smallest absolute Gasteiger partial charge is 0.199 e. The van der Waals surface area contributed by atoms with Crippen LogP contribution >= 0.6 is 0 Å². The first-order chi connectivity index (χ1) is 13.2. The van der Waals surface area contributed by atoms with Crippen molar-refractivity contribution in [1.29, 1.82) is 0 Å². The quantitative estimate of drug-likeness (QED) is 0.500. The molecular formula is C22H20N2O3. The summed E-state index contributed by atoms with van der Waals surface area (Å²) < 4.78 is 7.44. The van der Waals surface area contributed by atoms with Gasteiger partial charge in [-0.3, -0.25) is 4.98 Å². The Bertz CT molecular complexity index is 1140. The number of aromatic nitrogens is 2. The van der Waals surface area contributed by atoms with Gasteiger partial charge in [0.15, 0.2) is 11.8 Å². The Morgan fingerprint density at radius 2 is 1.85 bits per heavy atom. The number of nitrogens with zero attached hydrogens (tertiary/aromatic N) is 1. The van der Waals surface area contributed by atoms with Crippen LogP contribution in [0.1, 0.15) is 23.6 Å². The molecule has 27 heavy (non-hydrogen) atoms. The number of rotatable bonds is 3. The average Bonchev–Trinajstić information content (AvgIpc) is 3.25. The zero-order valence-corrected chi connectivity index (χ0v) is 14.9. The molecule has 3 N–H and O–H groups in total. The van der Waals surface area contributed by atoms with Crippen molar-refractivity contribution in [2.24, 2.45) is 0 Å². The highest BCUT2D eigenvalue weighted by Crippen LogP contribution is 2.46. The van der Waals surface area contributed by atoms with Crippen LogP contribution in [0, 0.1) is 0 Å². The highest BCUT2D eigenvalue weighted by atomic mass is 16.5. The number of aromatic amines is 1. The van der Waals surface area contributed by atoms with Crippen molar-refractivity contribution in [3.8, 4) is 28.6 Å². The van der Waals surface area contributed by atoms with Gasteiger partial charge < -0.3 is 19.5 Å². The molecular weight excluding hydrogens is 340 g/mol. The van der Waals surface area contributed by atoms with Gasteiger partial charge in [0.05, 0.1) is 24.2 Å². The molecule has 136 valence electrons. The number of aromatic hydroxyl groups is 2. The van der Waals surface area contributed by atoms with E-state index in [-0.39, 0.29) is 17.8 Å². The Balaban J connectivity index is 1.70. The summed E-state index contributed by atoms with van der Waals surface area (Å²) >= 11 is 0. The lowest BCUT2D eigenvalue weighted by Crippen LogP contribution is -2.16. The predicted molar refractivity (Wildman–Crippen MR) is 105 cm³/mol. The topological polar surface area (TPSA) is 70.4 Å². The molecule has 4 aromatic rings. The lowest BCUT2D eigenvalue weighted by molar-refractivity contribution is 0.414. The summed E-state index contributed by atoms with van der Waals surface area (Å²) in [6, 6.07) is 15.9. The number of hydrogen-bond donors (Lipinski definition) is 3. The molecule has 0 fully saturated rings. The Morgan fingerprint density at radius 3 is 2.63 bits per heavy atom. The summed E-state index contributed by atoms with van der Waals surface area (Å²) in [5.41, 5.74) is 4.72. The molecule has 1 aliphatic heterocycles. The van der Waals surface area contributed by atoms with Crippen LogP contribution in [0.15, 0.2) is 54.7 Å². The highest BCUT2D eigenvalue weighted by molar-refractivity contribution is 5.85. The van der Waals surface area contributed by atoms with Crippen LogP contribution in [-0.2, 0) is 6.42 Å². The normalized spacial score (nSPS) is 16.0. The van der Waals surface area contributed by atoms with Gasteiger partial charge in [0, 0.05) is 11.8 Å². The van der Waals surface area contributed by atoms with Gasteiger partial charge in [0.1, 0.15) is 5.75 Å². The van der Waals surface area contributed by atoms with Gasteiger partial charge in [0.2, 0.25) is 0 Å². The molecule has 0 radical (unpaired) electrons. The number of aryl methyl sites for hydroxylation is 1. The first kappa shape index (κ1) is 15.9. The molecule has 1 atom stereocenters. The lowest BCUT2D eigenvalue weighted by atomic mass is 9.91. The van der Waals surface area contributed by atoms with E-state index in [4.69, 9.17) is 4.74 Å². The third kappa shape index (κ3) is 2.31. The fourth-order valence-corrected chi connectivity index (χ4v) is 4.33. The third-order valence-corrected chi connectivity index (χ3v) is 5.56. The minimum Gasteiger partial charge on any atom is -0.497 e. The SMILES string of the molecule is COc1ccc(-c2c(O)[nH]c(O)c2C2CCc3cccc4ccn2c34)cc1. The highest BCUT2D eigenvalue weighted by Gasteiger charge is 2.30. The van der Waals surface area contributed by atoms with Crippen LogP contribution in [0.2, 0.25) is 0 Å². The number of ether oxygens (including phenoxy) is 1. The monoisotopic (exact) mass is 360 g/mol. The van der Waals surface area contributed by atoms with Crippen LogP contribution in [0.5, 0.6) is 17.5 Å². The summed E-state index contributed by atoms with van der Waals surface area (Å²) in [7, 11) is 1.62. The Morgan fingerprint density at radius 1 is 1.04 bits per heavy atom. The van der Waals surface area contributed by atoms with Crippen LogP contribution < -0.4 is 4.74 Å². The van der Waals surface area contributed by atoms with Gasteiger partial charge in [0.25, 0.3) is 0 Å². The second-order valence-corrected chi connectivity index (χ2v) is 6.97. The Kier molecular flexibility index (Phi) is 3.44. The average molecular weight is 360 g/mol. The van der Waals surface area contributed by atoms with Crippen molar-refractivity contribution in [2.45, 2.75) is 18.9 Å². The number of hydrogen-bond acceptors (Lipinski definition) is 3. The standard InChI is InChI=1S/C22H20N2O3/c1-27-16-8-5-13(6-9-16)18-19(22(26)23-21(18)25)17-10-7-14-3-2-4-15-11-12-24(17)20(14)15/h2-6,8-9,11-12,17,23,25-26H,7,10H2,1H3. The van der Waals surface area contributed by atoms with E-state index in [0.29, 0.717) is 5.56 Å². The maximum absolute atomic E-state index is 10.6. The van der Waals surface area contributed by atoms with Crippen LogP contribution in [-0.4, -0.2) is 26.9 Å². The van der Waals surface area contributed by atoms with Crippen LogP contribution in [0.25, 0.3) is 22.0 Å². The minimum atomic E-state index is -0.0494. The number of nitrogens with one attached hydrogen (secondary N) is 1. The molecule has 1 aliphatic rings. The molecule has 5 nitrogen and oxygen atoms in total. The van der Waals surface area contributed by atoms with Gasteiger partial charge in [-0.25, -0.2) is 0 Å². The Labute approximate surface area is 156 Å². The van der Waals surface area contributed by atoms with E-state index in [1.807, 2.05) is 24.3 Å². The van der Waals surface area contributed by atoms with E-state index in [1.54, 1.807) is 7.11 Å². The zero-order valence-electron chi connectivity index (χ0n) is 14.9. The molecule has 2 aromatic heterocycles. The van der Waals surface area contributed by atoms with Crippen LogP contribution in [0.3, 0.4) is 0 Å². The minimum absolute atomic E-state index is 0.0181. The van der Waals surface area contributed by atoms with E-state index in [1.165, 1.54) is 16.5 Å². The van der Waals surface area contributed by atoms with E-state index in [2.05, 4.69) is 40.0 Å². The molecule has 1 unspecified atom stereocenters. The number of H-pyrrole nitrogens is 1. The molecule has 2 aromatic carbocycles. The van der Waals surface area contributed by atoms with Crippen molar-refractivity contribution in [3.05, 3.63) is 65.9 Å². The molecule has 0 amide bonds. The van der Waals surface area contributed by atoms with Crippen molar-refractivity contribution >= 4 is 10.9 Å². The first-order valence-corrected chi connectivity index (χ1v) is 9.04. The van der Waals surface area contributed by atoms with E-state index in [9.17, 15) is 10.2 Å². The molecule has 5 heteroatoms. The summed E-state index contributed by atoms with van der Waals surface area (Å²) in [6.45, 7) is 0. The van der Waals surface area contributed by atoms with E-state index < -0.39 is 0 Å². The maximum atomic E-state index is 10.6.